The Morgan fingerprint density at radius 3 is 2.89 bits per heavy atom. The van der Waals surface area contributed by atoms with Crippen LogP contribution in [0.3, 0.4) is 0 Å². The topological polar surface area (TPSA) is 70.5 Å². The second kappa shape index (κ2) is 6.58. The van der Waals surface area contributed by atoms with Crippen LogP contribution in [0.15, 0.2) is 33.4 Å². The third kappa shape index (κ3) is 3.48. The fraction of sp³-hybridized carbons (Fsp3) is 0.308. The van der Waals surface area contributed by atoms with Crippen molar-refractivity contribution in [2.75, 3.05) is 13.7 Å². The van der Waals surface area contributed by atoms with Gasteiger partial charge in [0.15, 0.2) is 17.3 Å². The Hall–Kier alpha value is -1.53. The molecule has 1 aromatic heterocycles. The summed E-state index contributed by atoms with van der Waals surface area (Å²) in [5.41, 5.74) is 6.65. The predicted molar refractivity (Wildman–Crippen MR) is 74.3 cm³/mol. The highest BCUT2D eigenvalue weighted by molar-refractivity contribution is 9.10. The third-order valence-electron chi connectivity index (χ3n) is 2.57. The summed E-state index contributed by atoms with van der Waals surface area (Å²) in [6.07, 6.45) is 2.37. The van der Waals surface area contributed by atoms with Crippen LogP contribution < -0.4 is 15.2 Å². The van der Waals surface area contributed by atoms with Crippen LogP contribution >= 0.6 is 15.9 Å². The van der Waals surface area contributed by atoms with Crippen molar-refractivity contribution in [3.05, 3.63) is 40.2 Å². The van der Waals surface area contributed by atoms with Crippen molar-refractivity contribution in [1.29, 1.82) is 0 Å². The molecule has 0 radical (unpaired) electrons. The van der Waals surface area contributed by atoms with E-state index < -0.39 is 0 Å². The molecule has 102 valence electrons. The minimum Gasteiger partial charge on any atom is -0.493 e. The maximum atomic E-state index is 5.70. The summed E-state index contributed by atoms with van der Waals surface area (Å²) < 4.78 is 16.9. The third-order valence-corrected chi connectivity index (χ3v) is 3.16. The Kier molecular flexibility index (Phi) is 4.81. The number of methoxy groups -OCH3 is 1. The van der Waals surface area contributed by atoms with Crippen LogP contribution in [0.1, 0.15) is 11.3 Å². The van der Waals surface area contributed by atoms with Crippen molar-refractivity contribution >= 4 is 15.9 Å². The Morgan fingerprint density at radius 2 is 2.26 bits per heavy atom. The van der Waals surface area contributed by atoms with Gasteiger partial charge in [-0.05, 0) is 46.6 Å². The zero-order valence-electron chi connectivity index (χ0n) is 10.6. The molecule has 0 aliphatic carbocycles. The maximum Gasteiger partial charge on any atom is 0.176 e. The highest BCUT2D eigenvalue weighted by atomic mass is 79.9. The molecule has 0 saturated carbocycles. The first-order chi connectivity index (χ1) is 9.24. The average molecular weight is 327 g/mol. The number of aromatic nitrogens is 1. The molecule has 0 aliphatic heterocycles. The minimum atomic E-state index is 0.297. The number of hydrogen-bond donors (Lipinski definition) is 1. The molecule has 0 saturated heterocycles. The first-order valence-electron chi connectivity index (χ1n) is 5.83. The van der Waals surface area contributed by atoms with Gasteiger partial charge in [-0.15, -0.1) is 0 Å². The van der Waals surface area contributed by atoms with E-state index in [0.29, 0.717) is 30.4 Å². The van der Waals surface area contributed by atoms with Crippen molar-refractivity contribution in [3.8, 4) is 11.5 Å². The second-order valence-electron chi connectivity index (χ2n) is 3.92. The van der Waals surface area contributed by atoms with Gasteiger partial charge >= 0.3 is 0 Å². The Balaban J connectivity index is 2.18. The SMILES string of the molecule is COc1cc(CCN)cc(Br)c1OCc1ccno1. The molecular formula is C13H15BrN2O3. The lowest BCUT2D eigenvalue weighted by molar-refractivity contribution is 0.238. The quantitative estimate of drug-likeness (QED) is 0.883. The predicted octanol–water partition coefficient (Wildman–Crippen LogP) is 2.53. The van der Waals surface area contributed by atoms with Gasteiger partial charge in [-0.25, -0.2) is 0 Å². The molecule has 0 spiro atoms. The van der Waals surface area contributed by atoms with Gasteiger partial charge in [-0.1, -0.05) is 5.16 Å². The Morgan fingerprint density at radius 1 is 1.42 bits per heavy atom. The Bertz CT molecular complexity index is 529. The van der Waals surface area contributed by atoms with Crippen LogP contribution in [0, 0.1) is 0 Å². The van der Waals surface area contributed by atoms with Crippen LogP contribution in [0.25, 0.3) is 0 Å². The lowest BCUT2D eigenvalue weighted by atomic mass is 10.1. The van der Waals surface area contributed by atoms with E-state index in [4.69, 9.17) is 19.7 Å². The molecule has 0 amide bonds. The summed E-state index contributed by atoms with van der Waals surface area (Å²) in [4.78, 5) is 0. The summed E-state index contributed by atoms with van der Waals surface area (Å²) in [6, 6.07) is 5.65. The number of benzene rings is 1. The van der Waals surface area contributed by atoms with E-state index in [1.165, 1.54) is 0 Å². The number of hydrogen-bond acceptors (Lipinski definition) is 5. The monoisotopic (exact) mass is 326 g/mol. The van der Waals surface area contributed by atoms with Gasteiger partial charge < -0.3 is 19.7 Å². The van der Waals surface area contributed by atoms with E-state index in [9.17, 15) is 0 Å². The van der Waals surface area contributed by atoms with Gasteiger partial charge in [0.05, 0.1) is 17.8 Å². The highest BCUT2D eigenvalue weighted by Gasteiger charge is 2.12. The van der Waals surface area contributed by atoms with Gasteiger partial charge in [0, 0.05) is 6.07 Å². The molecule has 5 nitrogen and oxygen atoms in total. The molecule has 0 atom stereocenters. The smallest absolute Gasteiger partial charge is 0.176 e. The van der Waals surface area contributed by atoms with E-state index >= 15 is 0 Å². The zero-order valence-corrected chi connectivity index (χ0v) is 12.1. The number of nitrogens with zero attached hydrogens (tertiary/aromatic N) is 1. The molecule has 19 heavy (non-hydrogen) atoms. The largest absolute Gasteiger partial charge is 0.493 e. The van der Waals surface area contributed by atoms with E-state index in [1.54, 1.807) is 19.4 Å². The summed E-state index contributed by atoms with van der Waals surface area (Å²) >= 11 is 3.48. The second-order valence-corrected chi connectivity index (χ2v) is 4.77. The fourth-order valence-electron chi connectivity index (χ4n) is 1.68. The number of halogens is 1. The lowest BCUT2D eigenvalue weighted by Gasteiger charge is -2.13. The molecule has 0 bridgehead atoms. The molecule has 2 aromatic rings. The number of rotatable bonds is 6. The first-order valence-corrected chi connectivity index (χ1v) is 6.62. The van der Waals surface area contributed by atoms with Crippen molar-refractivity contribution in [2.24, 2.45) is 5.73 Å². The maximum absolute atomic E-state index is 5.70. The van der Waals surface area contributed by atoms with E-state index in [0.717, 1.165) is 16.5 Å². The molecular weight excluding hydrogens is 312 g/mol. The van der Waals surface area contributed by atoms with Gasteiger partial charge in [0.1, 0.15) is 6.61 Å². The van der Waals surface area contributed by atoms with Gasteiger partial charge in [0.2, 0.25) is 0 Å². The lowest BCUT2D eigenvalue weighted by Crippen LogP contribution is -2.04. The van der Waals surface area contributed by atoms with Crippen molar-refractivity contribution in [3.63, 3.8) is 0 Å². The standard InChI is InChI=1S/C13H15BrN2O3/c1-17-12-7-9(2-4-15)6-11(14)13(12)18-8-10-3-5-16-19-10/h3,5-7H,2,4,8,15H2,1H3. The van der Waals surface area contributed by atoms with Crippen LogP contribution in [0.4, 0.5) is 0 Å². The highest BCUT2D eigenvalue weighted by Crippen LogP contribution is 2.37. The Labute approximate surface area is 119 Å². The van der Waals surface area contributed by atoms with E-state index in [1.807, 2.05) is 12.1 Å². The summed E-state index contributed by atoms with van der Waals surface area (Å²) in [5, 5.41) is 3.63. The molecule has 2 rings (SSSR count). The molecule has 0 unspecified atom stereocenters. The van der Waals surface area contributed by atoms with Gasteiger partial charge in [-0.3, -0.25) is 0 Å². The van der Waals surface area contributed by atoms with Crippen LogP contribution in [-0.2, 0) is 13.0 Å². The number of nitrogens with two attached hydrogens (primary N) is 1. The van der Waals surface area contributed by atoms with Crippen LogP contribution in [0.5, 0.6) is 11.5 Å². The van der Waals surface area contributed by atoms with Crippen LogP contribution in [0.2, 0.25) is 0 Å². The molecule has 6 heteroatoms. The fourth-order valence-corrected chi connectivity index (χ4v) is 2.29. The molecule has 1 aromatic carbocycles. The molecule has 0 aliphatic rings. The summed E-state index contributed by atoms with van der Waals surface area (Å²) in [6.45, 7) is 0.888. The average Bonchev–Trinajstić information content (AvgIpc) is 2.90. The summed E-state index contributed by atoms with van der Waals surface area (Å²) in [7, 11) is 1.61. The van der Waals surface area contributed by atoms with Gasteiger partial charge in [-0.2, -0.15) is 0 Å². The first kappa shape index (κ1) is 13.9. The molecule has 2 N–H and O–H groups in total. The normalized spacial score (nSPS) is 10.5. The van der Waals surface area contributed by atoms with E-state index in [2.05, 4.69) is 21.1 Å². The molecule has 1 heterocycles. The number of ether oxygens (including phenoxy) is 2. The minimum absolute atomic E-state index is 0.297. The zero-order chi connectivity index (χ0) is 13.7. The van der Waals surface area contributed by atoms with E-state index in [-0.39, 0.29) is 0 Å². The molecule has 0 fully saturated rings. The van der Waals surface area contributed by atoms with Crippen molar-refractivity contribution < 1.29 is 14.0 Å². The van der Waals surface area contributed by atoms with Crippen molar-refractivity contribution in [1.82, 2.24) is 5.16 Å². The van der Waals surface area contributed by atoms with Gasteiger partial charge in [0.25, 0.3) is 0 Å². The van der Waals surface area contributed by atoms with Crippen molar-refractivity contribution in [2.45, 2.75) is 13.0 Å². The van der Waals surface area contributed by atoms with Crippen LogP contribution in [-0.4, -0.2) is 18.8 Å². The summed E-state index contributed by atoms with van der Waals surface area (Å²) in [5.74, 6) is 1.96.